The first-order chi connectivity index (χ1) is 6.66. The van der Waals surface area contributed by atoms with Crippen LogP contribution in [0.5, 0.6) is 0 Å². The first-order valence-corrected chi connectivity index (χ1v) is 5.30. The molecule has 76 valence electrons. The minimum atomic E-state index is -0.419. The molecule has 2 atom stereocenters. The van der Waals surface area contributed by atoms with E-state index < -0.39 is 5.69 Å². The van der Waals surface area contributed by atoms with Crippen LogP contribution in [0.1, 0.15) is 13.2 Å². The zero-order chi connectivity index (χ0) is 10.1. The third kappa shape index (κ3) is 1.76. The average Bonchev–Trinajstić information content (AvgIpc) is 2.51. The Kier molecular flexibility index (Phi) is 2.47. The molecule has 6 heteroatoms. The molecule has 0 amide bonds. The summed E-state index contributed by atoms with van der Waals surface area (Å²) < 4.78 is 6.87. The standard InChI is InChI=1S/C8H10N2O3S/c1-5-13-7(4-14-5)10-3-2-6(11)9-8(10)12/h2-3,5,7H,4H2,1H3,(H,9,11,12). The molecule has 5 nitrogen and oxygen atoms in total. The van der Waals surface area contributed by atoms with E-state index in [0.29, 0.717) is 0 Å². The third-order valence-electron chi connectivity index (χ3n) is 1.98. The Morgan fingerprint density at radius 1 is 1.64 bits per heavy atom. The van der Waals surface area contributed by atoms with Crippen molar-refractivity contribution < 1.29 is 4.74 Å². The van der Waals surface area contributed by atoms with Crippen molar-refractivity contribution in [1.29, 1.82) is 0 Å². The summed E-state index contributed by atoms with van der Waals surface area (Å²) in [6.45, 7) is 1.93. The summed E-state index contributed by atoms with van der Waals surface area (Å²) in [5.74, 6) is 0.729. The molecule has 1 aromatic heterocycles. The molecule has 1 aliphatic heterocycles. The van der Waals surface area contributed by atoms with E-state index in [9.17, 15) is 9.59 Å². The summed E-state index contributed by atoms with van der Waals surface area (Å²) in [6.07, 6.45) is 1.20. The smallest absolute Gasteiger partial charge is 0.330 e. The highest BCUT2D eigenvalue weighted by Gasteiger charge is 2.24. The molecule has 0 spiro atoms. The lowest BCUT2D eigenvalue weighted by molar-refractivity contribution is 0.0235. The van der Waals surface area contributed by atoms with Gasteiger partial charge in [0.25, 0.3) is 5.56 Å². The SMILES string of the molecule is CC1OC(n2ccc(=O)[nH]c2=O)CS1. The predicted molar refractivity (Wildman–Crippen MR) is 53.4 cm³/mol. The lowest BCUT2D eigenvalue weighted by atomic mass is 10.5. The van der Waals surface area contributed by atoms with Crippen LogP contribution < -0.4 is 11.2 Å². The van der Waals surface area contributed by atoms with Crippen LogP contribution >= 0.6 is 11.8 Å². The van der Waals surface area contributed by atoms with Gasteiger partial charge in [-0.15, -0.1) is 11.8 Å². The number of rotatable bonds is 1. The number of thioether (sulfide) groups is 1. The number of H-pyrrole nitrogens is 1. The molecule has 0 saturated carbocycles. The third-order valence-corrected chi connectivity index (χ3v) is 3.04. The minimum Gasteiger partial charge on any atom is -0.343 e. The molecule has 2 heterocycles. The van der Waals surface area contributed by atoms with E-state index >= 15 is 0 Å². The van der Waals surface area contributed by atoms with Crippen molar-refractivity contribution in [1.82, 2.24) is 9.55 Å². The molecule has 1 fully saturated rings. The van der Waals surface area contributed by atoms with E-state index in [2.05, 4.69) is 4.98 Å². The molecule has 1 saturated heterocycles. The zero-order valence-corrected chi connectivity index (χ0v) is 8.41. The Balaban J connectivity index is 2.33. The topological polar surface area (TPSA) is 64.1 Å². The number of nitrogens with one attached hydrogen (secondary N) is 1. The van der Waals surface area contributed by atoms with Crippen LogP contribution in [-0.4, -0.2) is 20.7 Å². The minimum absolute atomic E-state index is 0.0961. The van der Waals surface area contributed by atoms with Crippen LogP contribution in [0.2, 0.25) is 0 Å². The van der Waals surface area contributed by atoms with E-state index in [1.165, 1.54) is 16.8 Å². The summed E-state index contributed by atoms with van der Waals surface area (Å²) in [4.78, 5) is 24.4. The van der Waals surface area contributed by atoms with Crippen LogP contribution in [0, 0.1) is 0 Å². The molecule has 0 bridgehead atoms. The number of ether oxygens (including phenoxy) is 1. The first-order valence-electron chi connectivity index (χ1n) is 4.25. The summed E-state index contributed by atoms with van der Waals surface area (Å²) >= 11 is 1.64. The van der Waals surface area contributed by atoms with E-state index in [1.54, 1.807) is 11.8 Å². The molecule has 2 rings (SSSR count). The summed E-state index contributed by atoms with van der Waals surface area (Å²) in [7, 11) is 0. The van der Waals surface area contributed by atoms with Gasteiger partial charge in [0.15, 0.2) is 0 Å². The normalized spacial score (nSPS) is 26.6. The van der Waals surface area contributed by atoms with Gasteiger partial charge in [-0.2, -0.15) is 0 Å². The van der Waals surface area contributed by atoms with Gasteiger partial charge in [0.05, 0.1) is 0 Å². The molecule has 0 aliphatic carbocycles. The van der Waals surface area contributed by atoms with Crippen molar-refractivity contribution in [2.45, 2.75) is 18.6 Å². The fourth-order valence-corrected chi connectivity index (χ4v) is 2.20. The molecule has 1 aromatic rings. The van der Waals surface area contributed by atoms with Gasteiger partial charge >= 0.3 is 5.69 Å². The second-order valence-corrected chi connectivity index (χ2v) is 4.34. The second kappa shape index (κ2) is 3.62. The number of aromatic nitrogens is 2. The Morgan fingerprint density at radius 3 is 3.00 bits per heavy atom. The van der Waals surface area contributed by atoms with Gasteiger partial charge in [0.2, 0.25) is 0 Å². The number of nitrogens with zero attached hydrogens (tertiary/aromatic N) is 1. The van der Waals surface area contributed by atoms with Crippen molar-refractivity contribution in [3.8, 4) is 0 Å². The molecule has 2 unspecified atom stereocenters. The van der Waals surface area contributed by atoms with E-state index in [0.717, 1.165) is 5.75 Å². The summed E-state index contributed by atoms with van der Waals surface area (Å²) in [5.41, 5.74) is -0.707. The van der Waals surface area contributed by atoms with Gasteiger partial charge in [-0.1, -0.05) is 0 Å². The molecular formula is C8H10N2O3S. The highest BCUT2D eigenvalue weighted by molar-refractivity contribution is 7.99. The average molecular weight is 214 g/mol. The van der Waals surface area contributed by atoms with Gasteiger partial charge in [0.1, 0.15) is 11.7 Å². The first kappa shape index (κ1) is 9.54. The Morgan fingerprint density at radius 2 is 2.43 bits per heavy atom. The molecule has 0 aromatic carbocycles. The maximum atomic E-state index is 11.4. The van der Waals surface area contributed by atoms with Crippen LogP contribution in [0.3, 0.4) is 0 Å². The molecular weight excluding hydrogens is 204 g/mol. The van der Waals surface area contributed by atoms with Gasteiger partial charge in [0, 0.05) is 18.0 Å². The van der Waals surface area contributed by atoms with Gasteiger partial charge in [-0.25, -0.2) is 4.79 Å². The Labute approximate surface area is 84.1 Å². The number of hydrogen-bond acceptors (Lipinski definition) is 4. The Bertz CT molecular complexity index is 439. The quantitative estimate of drug-likeness (QED) is 0.722. The maximum absolute atomic E-state index is 11.4. The maximum Gasteiger partial charge on any atom is 0.330 e. The van der Waals surface area contributed by atoms with E-state index in [4.69, 9.17) is 4.74 Å². The fraction of sp³-hybridized carbons (Fsp3) is 0.500. The second-order valence-electron chi connectivity index (χ2n) is 3.01. The predicted octanol–water partition coefficient (Wildman–Crippen LogP) is 0.145. The van der Waals surface area contributed by atoms with Crippen molar-refractivity contribution in [2.75, 3.05) is 5.75 Å². The van der Waals surface area contributed by atoms with E-state index in [-0.39, 0.29) is 17.2 Å². The molecule has 1 N–H and O–H groups in total. The van der Waals surface area contributed by atoms with Crippen LogP contribution in [0.25, 0.3) is 0 Å². The van der Waals surface area contributed by atoms with Crippen molar-refractivity contribution in [3.63, 3.8) is 0 Å². The van der Waals surface area contributed by atoms with Crippen molar-refractivity contribution in [2.24, 2.45) is 0 Å². The van der Waals surface area contributed by atoms with Gasteiger partial charge < -0.3 is 4.74 Å². The van der Waals surface area contributed by atoms with Crippen molar-refractivity contribution >= 4 is 11.8 Å². The summed E-state index contributed by atoms with van der Waals surface area (Å²) in [5, 5.41) is 0. The van der Waals surface area contributed by atoms with Gasteiger partial charge in [-0.3, -0.25) is 14.3 Å². The molecule has 0 radical (unpaired) electrons. The van der Waals surface area contributed by atoms with Crippen molar-refractivity contribution in [3.05, 3.63) is 33.1 Å². The summed E-state index contributed by atoms with van der Waals surface area (Å²) in [6, 6.07) is 1.32. The largest absolute Gasteiger partial charge is 0.343 e. The monoisotopic (exact) mass is 214 g/mol. The van der Waals surface area contributed by atoms with E-state index in [1.807, 2.05) is 6.92 Å². The lowest BCUT2D eigenvalue weighted by Gasteiger charge is -2.11. The Hall–Kier alpha value is -1.01. The molecule has 14 heavy (non-hydrogen) atoms. The zero-order valence-electron chi connectivity index (χ0n) is 7.60. The lowest BCUT2D eigenvalue weighted by Crippen LogP contribution is -2.32. The highest BCUT2D eigenvalue weighted by Crippen LogP contribution is 2.29. The van der Waals surface area contributed by atoms with Crippen LogP contribution in [0.4, 0.5) is 0 Å². The number of aromatic amines is 1. The van der Waals surface area contributed by atoms with Crippen LogP contribution in [0.15, 0.2) is 21.9 Å². The van der Waals surface area contributed by atoms with Crippen LogP contribution in [-0.2, 0) is 4.74 Å². The highest BCUT2D eigenvalue weighted by atomic mass is 32.2. The number of hydrogen-bond donors (Lipinski definition) is 1. The van der Waals surface area contributed by atoms with Gasteiger partial charge in [-0.05, 0) is 6.92 Å². The molecule has 1 aliphatic rings. The fourth-order valence-electron chi connectivity index (χ4n) is 1.32.